The number of hydrogen-bond acceptors (Lipinski definition) is 8. The van der Waals surface area contributed by atoms with E-state index < -0.39 is 12.2 Å². The van der Waals surface area contributed by atoms with E-state index in [0.29, 0.717) is 5.56 Å². The highest BCUT2D eigenvalue weighted by atomic mass is 16.7. The molecule has 2 N–H and O–H groups in total. The van der Waals surface area contributed by atoms with Gasteiger partial charge in [0.05, 0.1) is 18.8 Å². The largest absolute Gasteiger partial charge is 0.462 e. The molecule has 1 aromatic carbocycles. The second-order valence-electron chi connectivity index (χ2n) is 14.4. The molecule has 3 heterocycles. The highest BCUT2D eigenvalue weighted by Crippen LogP contribution is 2.32. The molecule has 4 rings (SSSR count). The monoisotopic (exact) mass is 556 g/mol. The van der Waals surface area contributed by atoms with Crippen LogP contribution >= 0.6 is 0 Å². The van der Waals surface area contributed by atoms with Crippen molar-refractivity contribution >= 4 is 18.0 Å². The molecule has 3 aliphatic heterocycles. The Morgan fingerprint density at radius 2 is 1.20 bits per heavy atom. The van der Waals surface area contributed by atoms with Gasteiger partial charge in [-0.05, 0) is 79.2 Å². The van der Waals surface area contributed by atoms with Gasteiger partial charge in [0, 0.05) is 47.8 Å². The van der Waals surface area contributed by atoms with Gasteiger partial charge in [-0.25, -0.2) is 4.79 Å². The first-order valence-electron chi connectivity index (χ1n) is 14.5. The van der Waals surface area contributed by atoms with Crippen LogP contribution in [0.25, 0.3) is 6.08 Å². The molecule has 0 unspecified atom stereocenters. The molecule has 0 spiro atoms. The third-order valence-electron chi connectivity index (χ3n) is 7.71. The number of piperidine rings is 2. The van der Waals surface area contributed by atoms with E-state index in [4.69, 9.17) is 18.9 Å². The number of nitrogens with one attached hydrogen (secondary N) is 2. The first-order chi connectivity index (χ1) is 18.5. The van der Waals surface area contributed by atoms with Gasteiger partial charge in [-0.1, -0.05) is 18.2 Å². The van der Waals surface area contributed by atoms with Crippen LogP contribution in [0.15, 0.2) is 30.3 Å². The molecule has 0 aromatic heterocycles. The molecular formula is C32H48N2O6. The molecule has 8 nitrogen and oxygen atoms in total. The summed E-state index contributed by atoms with van der Waals surface area (Å²) in [5.74, 6) is -1.00. The molecule has 0 radical (unpaired) electrons. The minimum atomic E-state index is -0.544. The molecule has 0 saturated carbocycles. The molecule has 0 atom stereocenters. The molecular weight excluding hydrogens is 508 g/mol. The topological polar surface area (TPSA) is 95.1 Å². The lowest BCUT2D eigenvalue weighted by molar-refractivity contribution is -0.196. The lowest BCUT2D eigenvalue weighted by atomic mass is 9.81. The number of hydrogen-bond donors (Lipinski definition) is 2. The number of rotatable bonds is 6. The van der Waals surface area contributed by atoms with Crippen molar-refractivity contribution in [3.63, 3.8) is 0 Å². The van der Waals surface area contributed by atoms with Gasteiger partial charge in [-0.3, -0.25) is 4.79 Å². The van der Waals surface area contributed by atoms with Crippen molar-refractivity contribution in [2.45, 2.75) is 122 Å². The third kappa shape index (κ3) is 8.62. The van der Waals surface area contributed by atoms with E-state index in [-0.39, 0.29) is 59.5 Å². The van der Waals surface area contributed by atoms with E-state index >= 15 is 0 Å². The maximum atomic E-state index is 12.8. The lowest BCUT2D eigenvalue weighted by Crippen LogP contribution is -2.60. The number of benzene rings is 1. The second kappa shape index (κ2) is 11.6. The molecule has 3 saturated heterocycles. The first kappa shape index (κ1) is 30.7. The summed E-state index contributed by atoms with van der Waals surface area (Å²) in [6.45, 7) is 17.6. The van der Waals surface area contributed by atoms with Crippen molar-refractivity contribution in [2.24, 2.45) is 5.92 Å². The summed E-state index contributed by atoms with van der Waals surface area (Å²) in [4.78, 5) is 25.6. The predicted molar refractivity (Wildman–Crippen MR) is 155 cm³/mol. The first-order valence-corrected chi connectivity index (χ1v) is 14.5. The quantitative estimate of drug-likeness (QED) is 0.473. The van der Waals surface area contributed by atoms with Crippen LogP contribution in [0.2, 0.25) is 0 Å². The Labute approximate surface area is 239 Å². The van der Waals surface area contributed by atoms with Gasteiger partial charge in [0.15, 0.2) is 6.29 Å². The van der Waals surface area contributed by atoms with Gasteiger partial charge in [0.2, 0.25) is 0 Å². The van der Waals surface area contributed by atoms with E-state index in [1.807, 2.05) is 24.3 Å². The molecule has 40 heavy (non-hydrogen) atoms. The SMILES string of the molecule is CC1(C)CC(OC(=O)c2ccc(/C=C/C3OCC(C(=O)OC4CC(C)(C)NC(C)(C)C4)CO3)cc2)CC(C)(C)N1. The van der Waals surface area contributed by atoms with Crippen LogP contribution in [0.3, 0.4) is 0 Å². The van der Waals surface area contributed by atoms with Gasteiger partial charge >= 0.3 is 11.9 Å². The average molecular weight is 557 g/mol. The van der Waals surface area contributed by atoms with Crippen molar-refractivity contribution in [1.29, 1.82) is 0 Å². The Bertz CT molecular complexity index is 1050. The van der Waals surface area contributed by atoms with Crippen LogP contribution in [0.5, 0.6) is 0 Å². The van der Waals surface area contributed by atoms with E-state index in [0.717, 1.165) is 31.2 Å². The fourth-order valence-corrected chi connectivity index (χ4v) is 6.79. The zero-order chi connectivity index (χ0) is 29.3. The van der Waals surface area contributed by atoms with Gasteiger partial charge < -0.3 is 29.6 Å². The average Bonchev–Trinajstić information content (AvgIpc) is 2.79. The van der Waals surface area contributed by atoms with E-state index in [1.165, 1.54) is 0 Å². The van der Waals surface area contributed by atoms with Crippen molar-refractivity contribution in [3.05, 3.63) is 41.5 Å². The maximum Gasteiger partial charge on any atom is 0.338 e. The zero-order valence-electron chi connectivity index (χ0n) is 25.5. The summed E-state index contributed by atoms with van der Waals surface area (Å²) >= 11 is 0. The third-order valence-corrected chi connectivity index (χ3v) is 7.71. The van der Waals surface area contributed by atoms with Gasteiger partial charge in [-0.15, -0.1) is 0 Å². The molecule has 1 aromatic rings. The van der Waals surface area contributed by atoms with Crippen LogP contribution in [0, 0.1) is 5.92 Å². The van der Waals surface area contributed by atoms with Crippen LogP contribution in [0.1, 0.15) is 97.0 Å². The molecule has 8 heteroatoms. The van der Waals surface area contributed by atoms with Gasteiger partial charge in [0.25, 0.3) is 0 Å². The molecule has 0 aliphatic carbocycles. The number of carbonyl (C=O) groups is 2. The molecule has 0 bridgehead atoms. The fourth-order valence-electron chi connectivity index (χ4n) is 6.79. The standard InChI is InChI=1S/C32H48N2O6/c1-29(2)15-24(16-30(3,4)33-29)39-27(35)22-12-9-21(10-13-22)11-14-26-37-19-23(20-38-26)28(36)40-25-17-31(5,6)34-32(7,8)18-25/h9-14,23-26,33-34H,15-20H2,1-8H3/b14-11+. The van der Waals surface area contributed by atoms with Crippen molar-refractivity contribution < 1.29 is 28.5 Å². The summed E-state index contributed by atoms with van der Waals surface area (Å²) in [7, 11) is 0. The number of carbonyl (C=O) groups excluding carboxylic acids is 2. The second-order valence-corrected chi connectivity index (χ2v) is 14.4. The Morgan fingerprint density at radius 3 is 1.68 bits per heavy atom. The van der Waals surface area contributed by atoms with Crippen LogP contribution in [-0.4, -0.2) is 65.8 Å². The fraction of sp³-hybridized carbons (Fsp3) is 0.688. The minimum absolute atomic E-state index is 0.0908. The smallest absolute Gasteiger partial charge is 0.338 e. The van der Waals surface area contributed by atoms with Crippen molar-refractivity contribution in [3.8, 4) is 0 Å². The molecule has 0 amide bonds. The Morgan fingerprint density at radius 1 is 0.750 bits per heavy atom. The van der Waals surface area contributed by atoms with Gasteiger partial charge in [0.1, 0.15) is 18.1 Å². The van der Waals surface area contributed by atoms with Crippen LogP contribution < -0.4 is 10.6 Å². The lowest BCUT2D eigenvalue weighted by Gasteiger charge is -2.46. The van der Waals surface area contributed by atoms with Crippen LogP contribution in [-0.2, 0) is 23.7 Å². The van der Waals surface area contributed by atoms with Crippen LogP contribution in [0.4, 0.5) is 0 Å². The Kier molecular flexibility index (Phi) is 8.86. The van der Waals surface area contributed by atoms with Crippen molar-refractivity contribution in [1.82, 2.24) is 10.6 Å². The van der Waals surface area contributed by atoms with E-state index in [2.05, 4.69) is 66.0 Å². The van der Waals surface area contributed by atoms with E-state index in [9.17, 15) is 9.59 Å². The number of esters is 2. The summed E-state index contributed by atoms with van der Waals surface area (Å²) in [6, 6.07) is 7.29. The van der Waals surface area contributed by atoms with Crippen molar-refractivity contribution in [2.75, 3.05) is 13.2 Å². The molecule has 3 fully saturated rings. The molecule has 222 valence electrons. The summed E-state index contributed by atoms with van der Waals surface area (Å²) in [5, 5.41) is 7.21. The maximum absolute atomic E-state index is 12.8. The summed E-state index contributed by atoms with van der Waals surface area (Å²) < 4.78 is 23.3. The van der Waals surface area contributed by atoms with Gasteiger partial charge in [-0.2, -0.15) is 0 Å². The summed E-state index contributed by atoms with van der Waals surface area (Å²) in [5.41, 5.74) is 1.06. The Hall–Kier alpha value is -2.26. The highest BCUT2D eigenvalue weighted by molar-refractivity contribution is 5.89. The molecule has 3 aliphatic rings. The predicted octanol–water partition coefficient (Wildman–Crippen LogP) is 5.01. The summed E-state index contributed by atoms with van der Waals surface area (Å²) in [6.07, 6.45) is 5.99. The highest BCUT2D eigenvalue weighted by Gasteiger charge is 2.41. The normalized spacial score (nSPS) is 28.2. The minimum Gasteiger partial charge on any atom is -0.462 e. The van der Waals surface area contributed by atoms with E-state index in [1.54, 1.807) is 12.1 Å². The Balaban J connectivity index is 1.23. The zero-order valence-corrected chi connectivity index (χ0v) is 25.5. The number of ether oxygens (including phenoxy) is 4.